The Morgan fingerprint density at radius 1 is 1.17 bits per heavy atom. The Morgan fingerprint density at radius 3 is 2.76 bits per heavy atom. The van der Waals surface area contributed by atoms with Crippen molar-refractivity contribution in [3.63, 3.8) is 0 Å². The summed E-state index contributed by atoms with van der Waals surface area (Å²) < 4.78 is 12.9. The van der Waals surface area contributed by atoms with Crippen molar-refractivity contribution in [2.24, 2.45) is 5.92 Å². The number of aliphatic hydroxyl groups is 1. The molecular weight excluding hydrogens is 384 g/mol. The molecule has 6 heteroatoms. The van der Waals surface area contributed by atoms with Gasteiger partial charge in [-0.05, 0) is 68.6 Å². The molecule has 3 aromatic rings. The zero-order chi connectivity index (χ0) is 20.1. The first-order valence-corrected chi connectivity index (χ1v) is 11.1. The third-order valence-electron chi connectivity index (χ3n) is 5.38. The van der Waals surface area contributed by atoms with Crippen molar-refractivity contribution in [3.8, 4) is 11.5 Å². The number of rotatable bonds is 8. The van der Waals surface area contributed by atoms with E-state index in [2.05, 4.69) is 16.0 Å². The van der Waals surface area contributed by atoms with Crippen LogP contribution in [0.25, 0.3) is 10.2 Å². The number of aromatic nitrogens is 1. The van der Waals surface area contributed by atoms with E-state index >= 15 is 0 Å². The lowest BCUT2D eigenvalue weighted by molar-refractivity contribution is 0.0506. The highest BCUT2D eigenvalue weighted by molar-refractivity contribution is 7.16. The monoisotopic (exact) mass is 412 g/mol. The lowest BCUT2D eigenvalue weighted by Crippen LogP contribution is -2.41. The summed E-state index contributed by atoms with van der Waals surface area (Å²) in [7, 11) is 0. The average Bonchev–Trinajstić information content (AvgIpc) is 3.21. The Morgan fingerprint density at radius 2 is 1.97 bits per heavy atom. The quantitative estimate of drug-likeness (QED) is 0.603. The highest BCUT2D eigenvalue weighted by Gasteiger charge is 2.22. The van der Waals surface area contributed by atoms with Gasteiger partial charge in [0, 0.05) is 6.54 Å². The first kappa shape index (κ1) is 20.1. The maximum Gasteiger partial charge on any atom is 0.146 e. The molecule has 0 saturated carbocycles. The maximum absolute atomic E-state index is 10.5. The van der Waals surface area contributed by atoms with Crippen molar-refractivity contribution in [1.82, 2.24) is 9.88 Å². The van der Waals surface area contributed by atoms with Gasteiger partial charge in [0.2, 0.25) is 0 Å². The second kappa shape index (κ2) is 9.57. The summed E-state index contributed by atoms with van der Waals surface area (Å²) >= 11 is 1.61. The van der Waals surface area contributed by atoms with Crippen LogP contribution >= 0.6 is 11.3 Å². The molecule has 1 fully saturated rings. The lowest BCUT2D eigenvalue weighted by atomic mass is 9.97. The minimum absolute atomic E-state index is 0.285. The van der Waals surface area contributed by atoms with Gasteiger partial charge in [0.05, 0.1) is 16.8 Å². The molecule has 1 unspecified atom stereocenters. The summed E-state index contributed by atoms with van der Waals surface area (Å²) in [5, 5.41) is 10.5. The topological polar surface area (TPSA) is 54.8 Å². The molecule has 0 spiro atoms. The normalized spacial score (nSPS) is 16.8. The van der Waals surface area contributed by atoms with Gasteiger partial charge in [-0.3, -0.25) is 0 Å². The van der Waals surface area contributed by atoms with Gasteiger partial charge in [-0.2, -0.15) is 0 Å². The van der Waals surface area contributed by atoms with Crippen LogP contribution in [0, 0.1) is 12.8 Å². The van der Waals surface area contributed by atoms with Crippen molar-refractivity contribution >= 4 is 21.6 Å². The van der Waals surface area contributed by atoms with Crippen LogP contribution in [-0.2, 0) is 0 Å². The van der Waals surface area contributed by atoms with Crippen molar-refractivity contribution in [2.75, 3.05) is 32.8 Å². The zero-order valence-corrected chi connectivity index (χ0v) is 17.6. The van der Waals surface area contributed by atoms with E-state index in [0.717, 1.165) is 59.8 Å². The van der Waals surface area contributed by atoms with Crippen LogP contribution in [0.3, 0.4) is 0 Å². The van der Waals surface area contributed by atoms with Crippen LogP contribution in [0.5, 0.6) is 11.5 Å². The number of ether oxygens (including phenoxy) is 2. The van der Waals surface area contributed by atoms with Crippen molar-refractivity contribution in [1.29, 1.82) is 0 Å². The third kappa shape index (κ3) is 5.47. The van der Waals surface area contributed by atoms with Crippen LogP contribution in [0.2, 0.25) is 0 Å². The number of aliphatic hydroxyl groups excluding tert-OH is 1. The number of benzene rings is 2. The van der Waals surface area contributed by atoms with E-state index in [-0.39, 0.29) is 6.61 Å². The number of piperidine rings is 1. The molecular formula is C23H28N2O3S. The number of nitrogens with zero attached hydrogens (tertiary/aromatic N) is 2. The van der Waals surface area contributed by atoms with E-state index in [4.69, 9.17) is 9.47 Å². The molecule has 0 amide bonds. The van der Waals surface area contributed by atoms with Crippen LogP contribution < -0.4 is 9.47 Å². The predicted octanol–water partition coefficient (Wildman–Crippen LogP) is 4.14. The summed E-state index contributed by atoms with van der Waals surface area (Å²) in [6.45, 7) is 5.71. The van der Waals surface area contributed by atoms with Gasteiger partial charge in [-0.1, -0.05) is 18.2 Å². The Bertz CT molecular complexity index is 907. The minimum atomic E-state index is -0.513. The molecule has 4 rings (SSSR count). The Kier molecular flexibility index (Phi) is 6.64. The highest BCUT2D eigenvalue weighted by atomic mass is 32.1. The molecule has 2 aromatic carbocycles. The van der Waals surface area contributed by atoms with Crippen molar-refractivity contribution < 1.29 is 14.6 Å². The number of para-hydroxylation sites is 1. The molecule has 1 saturated heterocycles. The number of thiazole rings is 1. The van der Waals surface area contributed by atoms with E-state index in [9.17, 15) is 5.11 Å². The number of fused-ring (bicyclic) bond motifs is 1. The first-order valence-electron chi connectivity index (χ1n) is 10.2. The molecule has 1 aromatic heterocycles. The third-order valence-corrected chi connectivity index (χ3v) is 6.16. The fourth-order valence-corrected chi connectivity index (χ4v) is 4.57. The van der Waals surface area contributed by atoms with Gasteiger partial charge >= 0.3 is 0 Å². The van der Waals surface area contributed by atoms with Gasteiger partial charge in [-0.15, -0.1) is 11.3 Å². The number of aryl methyl sites for hydroxylation is 1. The lowest BCUT2D eigenvalue weighted by Gasteiger charge is -2.33. The molecule has 0 bridgehead atoms. The van der Waals surface area contributed by atoms with Crippen LogP contribution in [0.4, 0.5) is 0 Å². The zero-order valence-electron chi connectivity index (χ0n) is 16.8. The molecule has 0 radical (unpaired) electrons. The Balaban J connectivity index is 1.20. The molecule has 1 aliphatic rings. The second-order valence-corrected chi connectivity index (χ2v) is 8.68. The van der Waals surface area contributed by atoms with E-state index in [1.165, 1.54) is 0 Å². The summed E-state index contributed by atoms with van der Waals surface area (Å²) in [6, 6.07) is 14.1. The summed E-state index contributed by atoms with van der Waals surface area (Å²) in [6.07, 6.45) is 1.68. The highest BCUT2D eigenvalue weighted by Crippen LogP contribution is 2.29. The Labute approximate surface area is 175 Å². The van der Waals surface area contributed by atoms with Gasteiger partial charge in [0.1, 0.15) is 29.7 Å². The fourth-order valence-electron chi connectivity index (χ4n) is 3.78. The van der Waals surface area contributed by atoms with E-state index in [1.54, 1.807) is 11.3 Å². The largest absolute Gasteiger partial charge is 0.493 e. The van der Waals surface area contributed by atoms with Gasteiger partial charge in [0.25, 0.3) is 0 Å². The maximum atomic E-state index is 10.5. The molecule has 2 heterocycles. The minimum Gasteiger partial charge on any atom is -0.493 e. The molecule has 0 aliphatic carbocycles. The SMILES string of the molecule is Cc1cc(OCC(O)CN2CCC(COc3ccccc3)CC2)c2ncsc2c1. The number of hydrogen-bond donors (Lipinski definition) is 1. The predicted molar refractivity (Wildman–Crippen MR) is 117 cm³/mol. The van der Waals surface area contributed by atoms with E-state index < -0.39 is 6.10 Å². The second-order valence-electron chi connectivity index (χ2n) is 7.80. The number of likely N-dealkylation sites (tertiary alicyclic amines) is 1. The molecule has 5 nitrogen and oxygen atoms in total. The molecule has 29 heavy (non-hydrogen) atoms. The summed E-state index contributed by atoms with van der Waals surface area (Å²) in [5.41, 5.74) is 3.86. The molecule has 1 aliphatic heterocycles. The van der Waals surface area contributed by atoms with Gasteiger partial charge in [0.15, 0.2) is 0 Å². The first-order chi connectivity index (χ1) is 14.2. The smallest absolute Gasteiger partial charge is 0.146 e. The standard InChI is InChI=1S/C23H28N2O3S/c1-17-11-21(23-22(12-17)29-16-24-23)28-15-19(26)13-25-9-7-18(8-10-25)14-27-20-5-3-2-4-6-20/h2-6,11-12,16,18-19,26H,7-10,13-15H2,1H3. The van der Waals surface area contributed by atoms with Crippen molar-refractivity contribution in [2.45, 2.75) is 25.9 Å². The van der Waals surface area contributed by atoms with Gasteiger partial charge in [-0.25, -0.2) is 4.98 Å². The van der Waals surface area contributed by atoms with Gasteiger partial charge < -0.3 is 19.5 Å². The number of β-amino-alcohol motifs (C(OH)–C–C–N with tert-alkyl or cyclic N) is 1. The molecule has 1 atom stereocenters. The van der Waals surface area contributed by atoms with Crippen molar-refractivity contribution in [3.05, 3.63) is 53.5 Å². The Hall–Kier alpha value is -2.15. The molecule has 154 valence electrons. The van der Waals surface area contributed by atoms with Crippen LogP contribution in [0.15, 0.2) is 48.0 Å². The summed E-state index contributed by atoms with van der Waals surface area (Å²) in [4.78, 5) is 6.71. The fraction of sp³-hybridized carbons (Fsp3) is 0.435. The average molecular weight is 413 g/mol. The van der Waals surface area contributed by atoms with Crippen LogP contribution in [0.1, 0.15) is 18.4 Å². The van der Waals surface area contributed by atoms with E-state index in [1.807, 2.05) is 48.8 Å². The molecule has 1 N–H and O–H groups in total. The number of hydrogen-bond acceptors (Lipinski definition) is 6. The summed E-state index contributed by atoms with van der Waals surface area (Å²) in [5.74, 6) is 2.27. The van der Waals surface area contributed by atoms with Crippen LogP contribution in [-0.4, -0.2) is 53.9 Å². The van der Waals surface area contributed by atoms with E-state index in [0.29, 0.717) is 12.5 Å².